The zero-order chi connectivity index (χ0) is 18.4. The Bertz CT molecular complexity index is 1130. The first kappa shape index (κ1) is 15.8. The maximum atomic E-state index is 13.3. The van der Waals surface area contributed by atoms with Gasteiger partial charge in [0.1, 0.15) is 0 Å². The Labute approximate surface area is 157 Å². The molecule has 0 radical (unpaired) electrons. The van der Waals surface area contributed by atoms with Crippen molar-refractivity contribution in [3.63, 3.8) is 0 Å². The van der Waals surface area contributed by atoms with Crippen molar-refractivity contribution in [1.29, 1.82) is 0 Å². The molecule has 1 fully saturated rings. The Morgan fingerprint density at radius 3 is 2.07 bits per heavy atom. The van der Waals surface area contributed by atoms with Crippen LogP contribution in [0, 0.1) is 6.92 Å². The number of pyridine rings is 1. The fourth-order valence-electron chi connectivity index (χ4n) is 3.89. The van der Waals surface area contributed by atoms with E-state index in [0.717, 1.165) is 38.7 Å². The maximum absolute atomic E-state index is 13.3. The van der Waals surface area contributed by atoms with Gasteiger partial charge in [0.15, 0.2) is 0 Å². The Hall–Kier alpha value is -3.40. The van der Waals surface area contributed by atoms with Crippen molar-refractivity contribution >= 4 is 39.2 Å². The number of carbonyl (C=O) groups is 1. The van der Waals surface area contributed by atoms with Gasteiger partial charge < -0.3 is 0 Å². The third-order valence-electron chi connectivity index (χ3n) is 5.15. The minimum Gasteiger partial charge on any atom is -0.292 e. The van der Waals surface area contributed by atoms with Crippen LogP contribution in [0.2, 0.25) is 0 Å². The molecule has 27 heavy (non-hydrogen) atoms. The van der Waals surface area contributed by atoms with Crippen molar-refractivity contribution in [2.45, 2.75) is 6.92 Å². The minimum atomic E-state index is 0.0158. The highest BCUT2D eigenvalue weighted by atomic mass is 16.2. The second-order valence-corrected chi connectivity index (χ2v) is 6.92. The molecule has 2 heterocycles. The summed E-state index contributed by atoms with van der Waals surface area (Å²) in [6, 6.07) is 24.2. The van der Waals surface area contributed by atoms with E-state index in [4.69, 9.17) is 4.98 Å². The fourth-order valence-corrected chi connectivity index (χ4v) is 3.89. The summed E-state index contributed by atoms with van der Waals surface area (Å²) in [5.41, 5.74) is 4.88. The number of carbonyl (C=O) groups excluding carboxylic acids is 1. The molecule has 0 aliphatic carbocycles. The van der Waals surface area contributed by atoms with Crippen LogP contribution in [0.5, 0.6) is 0 Å². The summed E-state index contributed by atoms with van der Waals surface area (Å²) >= 11 is 0. The Morgan fingerprint density at radius 2 is 1.41 bits per heavy atom. The molecule has 2 amide bonds. The first-order chi connectivity index (χ1) is 13.2. The van der Waals surface area contributed by atoms with Crippen LogP contribution in [0.25, 0.3) is 21.8 Å². The van der Waals surface area contributed by atoms with E-state index in [0.29, 0.717) is 13.1 Å². The average molecular weight is 353 g/mol. The Balaban J connectivity index is 1.68. The molecule has 3 aromatic carbocycles. The second-order valence-electron chi connectivity index (χ2n) is 6.92. The number of fused-ring (bicyclic) bond motifs is 2. The van der Waals surface area contributed by atoms with Crippen LogP contribution in [0.4, 0.5) is 16.2 Å². The first-order valence-electron chi connectivity index (χ1n) is 9.15. The van der Waals surface area contributed by atoms with Crippen LogP contribution in [0.1, 0.15) is 5.56 Å². The van der Waals surface area contributed by atoms with Gasteiger partial charge in [0.2, 0.25) is 0 Å². The summed E-state index contributed by atoms with van der Waals surface area (Å²) in [5.74, 6) is 0. The van der Waals surface area contributed by atoms with Gasteiger partial charge in [-0.1, -0.05) is 48.5 Å². The van der Waals surface area contributed by atoms with E-state index in [1.807, 2.05) is 83.5 Å². The summed E-state index contributed by atoms with van der Waals surface area (Å²) in [6.07, 6.45) is 0. The summed E-state index contributed by atoms with van der Waals surface area (Å²) in [4.78, 5) is 21.9. The van der Waals surface area contributed by atoms with Gasteiger partial charge in [-0.25, -0.2) is 9.78 Å². The van der Waals surface area contributed by atoms with Crippen molar-refractivity contribution < 1.29 is 4.79 Å². The van der Waals surface area contributed by atoms with Crippen molar-refractivity contribution in [3.05, 3.63) is 78.4 Å². The topological polar surface area (TPSA) is 36.4 Å². The third kappa shape index (κ3) is 2.53. The molecule has 0 unspecified atom stereocenters. The standard InChI is InChI=1S/C23H19N3O/c1-16-7-6-8-17(15-16)25-13-14-26(23(25)27)22-18-9-2-4-11-20(18)24-21-12-5-3-10-19(21)22/h2-12,15H,13-14H2,1H3. The van der Waals surface area contributed by atoms with E-state index < -0.39 is 0 Å². The van der Waals surface area contributed by atoms with Crippen LogP contribution in [0.15, 0.2) is 72.8 Å². The Morgan fingerprint density at radius 1 is 0.778 bits per heavy atom. The van der Waals surface area contributed by atoms with Gasteiger partial charge in [-0.3, -0.25) is 9.80 Å². The van der Waals surface area contributed by atoms with Gasteiger partial charge in [-0.05, 0) is 36.8 Å². The third-order valence-corrected chi connectivity index (χ3v) is 5.15. The second kappa shape index (κ2) is 6.09. The number of nitrogens with zero attached hydrogens (tertiary/aromatic N) is 3. The van der Waals surface area contributed by atoms with E-state index in [1.54, 1.807) is 0 Å². The zero-order valence-electron chi connectivity index (χ0n) is 15.1. The molecule has 4 heteroatoms. The fraction of sp³-hybridized carbons (Fsp3) is 0.130. The van der Waals surface area contributed by atoms with E-state index in [2.05, 4.69) is 6.07 Å². The number of benzene rings is 3. The largest absolute Gasteiger partial charge is 0.329 e. The lowest BCUT2D eigenvalue weighted by molar-refractivity contribution is 0.256. The highest BCUT2D eigenvalue weighted by Gasteiger charge is 2.32. The summed E-state index contributed by atoms with van der Waals surface area (Å²) < 4.78 is 0. The number of para-hydroxylation sites is 2. The molecule has 4 nitrogen and oxygen atoms in total. The normalized spacial score (nSPS) is 14.5. The number of hydrogen-bond acceptors (Lipinski definition) is 2. The molecule has 0 bridgehead atoms. The summed E-state index contributed by atoms with van der Waals surface area (Å²) in [6.45, 7) is 3.38. The van der Waals surface area contributed by atoms with E-state index >= 15 is 0 Å². The van der Waals surface area contributed by atoms with Crippen molar-refractivity contribution in [3.8, 4) is 0 Å². The molecule has 0 atom stereocenters. The number of aryl methyl sites for hydroxylation is 1. The quantitative estimate of drug-likeness (QED) is 0.468. The number of hydrogen-bond donors (Lipinski definition) is 0. The van der Waals surface area contributed by atoms with Crippen molar-refractivity contribution in [1.82, 2.24) is 4.98 Å². The molecular weight excluding hydrogens is 334 g/mol. The van der Waals surface area contributed by atoms with Gasteiger partial charge in [-0.15, -0.1) is 0 Å². The maximum Gasteiger partial charge on any atom is 0.329 e. The molecular formula is C23H19N3O. The Kier molecular flexibility index (Phi) is 3.57. The smallest absolute Gasteiger partial charge is 0.292 e. The monoisotopic (exact) mass is 353 g/mol. The van der Waals surface area contributed by atoms with E-state index in [1.165, 1.54) is 0 Å². The summed E-state index contributed by atoms with van der Waals surface area (Å²) in [7, 11) is 0. The molecule has 1 saturated heterocycles. The van der Waals surface area contributed by atoms with Gasteiger partial charge in [-0.2, -0.15) is 0 Å². The SMILES string of the molecule is Cc1cccc(N2CCN(c3c4ccccc4nc4ccccc34)C2=O)c1. The summed E-state index contributed by atoms with van der Waals surface area (Å²) in [5, 5.41) is 2.02. The first-order valence-corrected chi connectivity index (χ1v) is 9.15. The predicted octanol–water partition coefficient (Wildman–Crippen LogP) is 5.14. The molecule has 0 saturated carbocycles. The van der Waals surface area contributed by atoms with Gasteiger partial charge in [0, 0.05) is 29.5 Å². The van der Waals surface area contributed by atoms with Crippen LogP contribution < -0.4 is 9.80 Å². The van der Waals surface area contributed by atoms with Crippen molar-refractivity contribution in [2.24, 2.45) is 0 Å². The number of urea groups is 1. The molecule has 0 spiro atoms. The van der Waals surface area contributed by atoms with Gasteiger partial charge in [0.05, 0.1) is 16.7 Å². The predicted molar refractivity (Wildman–Crippen MR) is 111 cm³/mol. The highest BCUT2D eigenvalue weighted by Crippen LogP contribution is 2.36. The van der Waals surface area contributed by atoms with Crippen LogP contribution in [-0.4, -0.2) is 24.1 Å². The number of amides is 2. The number of rotatable bonds is 2. The van der Waals surface area contributed by atoms with E-state index in [9.17, 15) is 4.79 Å². The number of anilines is 2. The van der Waals surface area contributed by atoms with Gasteiger partial charge in [0.25, 0.3) is 0 Å². The molecule has 1 aliphatic rings. The molecule has 5 rings (SSSR count). The molecule has 132 valence electrons. The number of aromatic nitrogens is 1. The highest BCUT2D eigenvalue weighted by molar-refractivity contribution is 6.17. The zero-order valence-corrected chi connectivity index (χ0v) is 15.1. The molecule has 0 N–H and O–H groups in total. The van der Waals surface area contributed by atoms with Crippen LogP contribution in [-0.2, 0) is 0 Å². The minimum absolute atomic E-state index is 0.0158. The van der Waals surface area contributed by atoms with Crippen LogP contribution >= 0.6 is 0 Å². The van der Waals surface area contributed by atoms with Crippen LogP contribution in [0.3, 0.4) is 0 Å². The van der Waals surface area contributed by atoms with Crippen molar-refractivity contribution in [2.75, 3.05) is 22.9 Å². The average Bonchev–Trinajstić information content (AvgIpc) is 3.07. The molecule has 4 aromatic rings. The lowest BCUT2D eigenvalue weighted by Crippen LogP contribution is -2.32. The molecule has 1 aliphatic heterocycles. The molecule has 1 aromatic heterocycles. The lowest BCUT2D eigenvalue weighted by atomic mass is 10.1. The van der Waals surface area contributed by atoms with Gasteiger partial charge >= 0.3 is 6.03 Å². The van der Waals surface area contributed by atoms with E-state index in [-0.39, 0.29) is 6.03 Å². The lowest BCUT2D eigenvalue weighted by Gasteiger charge is -2.22.